The Morgan fingerprint density at radius 3 is 2.32 bits per heavy atom. The number of hydrogen-bond acceptors (Lipinski definition) is 3. The maximum atomic E-state index is 13.0. The first-order valence-electron chi connectivity index (χ1n) is 6.47. The van der Waals surface area contributed by atoms with Crippen molar-refractivity contribution in [1.29, 1.82) is 0 Å². The van der Waals surface area contributed by atoms with Crippen molar-refractivity contribution in [1.82, 2.24) is 9.97 Å². The third kappa shape index (κ3) is 2.92. The number of rotatable bonds is 2. The average molecular weight is 320 g/mol. The summed E-state index contributed by atoms with van der Waals surface area (Å²) in [6.07, 6.45) is -2.83. The van der Waals surface area contributed by atoms with Crippen molar-refractivity contribution in [2.45, 2.75) is 11.3 Å². The van der Waals surface area contributed by atoms with Crippen LogP contribution in [0.15, 0.2) is 53.7 Å². The molecule has 1 aromatic heterocycles. The van der Waals surface area contributed by atoms with Crippen molar-refractivity contribution in [2.75, 3.05) is 6.26 Å². The molecule has 0 saturated carbocycles. The van der Waals surface area contributed by atoms with E-state index in [4.69, 9.17) is 0 Å². The number of halogens is 3. The van der Waals surface area contributed by atoms with E-state index in [2.05, 4.69) is 9.97 Å². The maximum absolute atomic E-state index is 13.0. The molecule has 0 bridgehead atoms. The van der Waals surface area contributed by atoms with Gasteiger partial charge in [0.15, 0.2) is 5.16 Å². The zero-order chi connectivity index (χ0) is 15.7. The first-order chi connectivity index (χ1) is 10.5. The molecule has 112 valence electrons. The van der Waals surface area contributed by atoms with Gasteiger partial charge in [-0.25, -0.2) is 9.97 Å². The summed E-state index contributed by atoms with van der Waals surface area (Å²) < 4.78 is 38.9. The summed E-state index contributed by atoms with van der Waals surface area (Å²) in [6, 6.07) is 14.1. The van der Waals surface area contributed by atoms with Crippen LogP contribution in [0, 0.1) is 0 Å². The summed E-state index contributed by atoms with van der Waals surface area (Å²) >= 11 is 1.09. The number of benzene rings is 2. The molecule has 0 radical (unpaired) electrons. The van der Waals surface area contributed by atoms with E-state index in [9.17, 15) is 13.2 Å². The Hall–Kier alpha value is -2.08. The van der Waals surface area contributed by atoms with Crippen molar-refractivity contribution in [3.63, 3.8) is 0 Å². The van der Waals surface area contributed by atoms with Crippen LogP contribution >= 0.6 is 11.8 Å². The predicted molar refractivity (Wildman–Crippen MR) is 81.8 cm³/mol. The van der Waals surface area contributed by atoms with Gasteiger partial charge in [-0.2, -0.15) is 13.2 Å². The third-order valence-corrected chi connectivity index (χ3v) is 3.77. The van der Waals surface area contributed by atoms with Crippen LogP contribution in [0.1, 0.15) is 5.69 Å². The molecule has 0 N–H and O–H groups in total. The molecule has 2 nitrogen and oxygen atoms in total. The van der Waals surface area contributed by atoms with Gasteiger partial charge in [-0.15, -0.1) is 0 Å². The second kappa shape index (κ2) is 5.61. The lowest BCUT2D eigenvalue weighted by molar-refractivity contribution is -0.141. The molecule has 3 aromatic rings. The van der Waals surface area contributed by atoms with Crippen LogP contribution in [0.4, 0.5) is 13.2 Å². The van der Waals surface area contributed by atoms with E-state index in [1.54, 1.807) is 12.3 Å². The topological polar surface area (TPSA) is 25.8 Å². The Morgan fingerprint density at radius 2 is 1.64 bits per heavy atom. The highest BCUT2D eigenvalue weighted by molar-refractivity contribution is 7.98. The van der Waals surface area contributed by atoms with Crippen LogP contribution < -0.4 is 0 Å². The highest BCUT2D eigenvalue weighted by Crippen LogP contribution is 2.32. The number of aromatic nitrogens is 2. The van der Waals surface area contributed by atoms with Gasteiger partial charge in [-0.05, 0) is 29.2 Å². The van der Waals surface area contributed by atoms with Crippen LogP contribution in [0.25, 0.3) is 22.0 Å². The van der Waals surface area contributed by atoms with Crippen molar-refractivity contribution >= 4 is 22.5 Å². The van der Waals surface area contributed by atoms with Crippen molar-refractivity contribution < 1.29 is 13.2 Å². The quantitative estimate of drug-likeness (QED) is 0.489. The zero-order valence-electron chi connectivity index (χ0n) is 11.6. The Balaban J connectivity index is 2.16. The monoisotopic (exact) mass is 320 g/mol. The number of alkyl halides is 3. The Morgan fingerprint density at radius 1 is 0.909 bits per heavy atom. The molecule has 6 heteroatoms. The Labute approximate surface area is 129 Å². The van der Waals surface area contributed by atoms with Gasteiger partial charge in [0.2, 0.25) is 0 Å². The van der Waals surface area contributed by atoms with Gasteiger partial charge >= 0.3 is 6.18 Å². The lowest BCUT2D eigenvalue weighted by Crippen LogP contribution is -2.09. The molecule has 0 unspecified atom stereocenters. The second-order valence-electron chi connectivity index (χ2n) is 4.68. The summed E-state index contributed by atoms with van der Waals surface area (Å²) in [5.74, 6) is 0. The van der Waals surface area contributed by atoms with E-state index in [1.807, 2.05) is 36.4 Å². The minimum Gasteiger partial charge on any atom is -0.222 e. The van der Waals surface area contributed by atoms with Crippen LogP contribution in [0.2, 0.25) is 0 Å². The van der Waals surface area contributed by atoms with E-state index < -0.39 is 11.9 Å². The normalized spacial score (nSPS) is 11.8. The van der Waals surface area contributed by atoms with E-state index >= 15 is 0 Å². The first kappa shape index (κ1) is 14.8. The molecular weight excluding hydrogens is 309 g/mol. The summed E-state index contributed by atoms with van der Waals surface area (Å²) in [5.41, 5.74) is -0.00524. The number of thioether (sulfide) groups is 1. The summed E-state index contributed by atoms with van der Waals surface area (Å²) in [7, 11) is 0. The summed E-state index contributed by atoms with van der Waals surface area (Å²) in [6.45, 7) is 0. The van der Waals surface area contributed by atoms with Gasteiger partial charge in [-0.3, -0.25) is 0 Å². The zero-order valence-corrected chi connectivity index (χ0v) is 12.4. The number of fused-ring (bicyclic) bond motifs is 1. The summed E-state index contributed by atoms with van der Waals surface area (Å²) in [4.78, 5) is 7.73. The Bertz CT molecular complexity index is 831. The average Bonchev–Trinajstić information content (AvgIpc) is 2.53. The molecule has 3 rings (SSSR count). The standard InChI is InChI=1S/C16H11F3N2S/c1-22-15-20-13(9-14(21-15)16(17,18)19)12-7-6-10-4-2-3-5-11(10)8-12/h2-9H,1H3. The summed E-state index contributed by atoms with van der Waals surface area (Å²) in [5, 5.41) is 2.09. The molecular formula is C16H11F3N2S. The maximum Gasteiger partial charge on any atom is 0.433 e. The van der Waals surface area contributed by atoms with Crippen molar-refractivity contribution in [2.24, 2.45) is 0 Å². The fraction of sp³-hybridized carbons (Fsp3) is 0.125. The van der Waals surface area contributed by atoms with E-state index in [0.29, 0.717) is 5.56 Å². The molecule has 0 fully saturated rings. The molecule has 0 aliphatic heterocycles. The first-order valence-corrected chi connectivity index (χ1v) is 7.69. The molecule has 0 spiro atoms. The minimum atomic E-state index is -4.49. The number of hydrogen-bond donors (Lipinski definition) is 0. The van der Waals surface area contributed by atoms with E-state index in [-0.39, 0.29) is 10.9 Å². The largest absolute Gasteiger partial charge is 0.433 e. The van der Waals surface area contributed by atoms with Gasteiger partial charge < -0.3 is 0 Å². The molecule has 0 aliphatic carbocycles. The molecule has 22 heavy (non-hydrogen) atoms. The number of nitrogens with zero attached hydrogens (tertiary/aromatic N) is 2. The minimum absolute atomic E-state index is 0.109. The molecule has 0 atom stereocenters. The van der Waals surface area contributed by atoms with Gasteiger partial charge in [0.1, 0.15) is 5.69 Å². The predicted octanol–water partition coefficient (Wildman–Crippen LogP) is 5.04. The van der Waals surface area contributed by atoms with Gasteiger partial charge in [0, 0.05) is 5.56 Å². The highest BCUT2D eigenvalue weighted by Gasteiger charge is 2.33. The third-order valence-electron chi connectivity index (χ3n) is 3.22. The van der Waals surface area contributed by atoms with Crippen molar-refractivity contribution in [3.05, 3.63) is 54.2 Å². The van der Waals surface area contributed by atoms with E-state index in [1.165, 1.54) is 0 Å². The van der Waals surface area contributed by atoms with Crippen LogP contribution in [-0.2, 0) is 6.18 Å². The van der Waals surface area contributed by atoms with Crippen LogP contribution in [0.3, 0.4) is 0 Å². The van der Waals surface area contributed by atoms with Gasteiger partial charge in [0.25, 0.3) is 0 Å². The van der Waals surface area contributed by atoms with Gasteiger partial charge in [0.05, 0.1) is 5.69 Å². The fourth-order valence-electron chi connectivity index (χ4n) is 2.16. The van der Waals surface area contributed by atoms with Crippen LogP contribution in [-0.4, -0.2) is 16.2 Å². The lowest BCUT2D eigenvalue weighted by Gasteiger charge is -2.10. The smallest absolute Gasteiger partial charge is 0.222 e. The second-order valence-corrected chi connectivity index (χ2v) is 5.46. The molecule has 0 saturated heterocycles. The SMILES string of the molecule is CSc1nc(-c2ccc3ccccc3c2)cc(C(F)(F)F)n1. The molecule has 1 heterocycles. The van der Waals surface area contributed by atoms with Gasteiger partial charge in [-0.1, -0.05) is 48.2 Å². The fourth-order valence-corrected chi connectivity index (χ4v) is 2.54. The molecule has 0 amide bonds. The van der Waals surface area contributed by atoms with Crippen LogP contribution in [0.5, 0.6) is 0 Å². The Kier molecular flexibility index (Phi) is 3.78. The van der Waals surface area contributed by atoms with E-state index in [0.717, 1.165) is 28.6 Å². The lowest BCUT2D eigenvalue weighted by atomic mass is 10.0. The highest BCUT2D eigenvalue weighted by atomic mass is 32.2. The molecule has 0 aliphatic rings. The van der Waals surface area contributed by atoms with Crippen molar-refractivity contribution in [3.8, 4) is 11.3 Å². The molecule has 2 aromatic carbocycles.